The molecule has 0 spiro atoms. The molecule has 0 N–H and O–H groups in total. The van der Waals surface area contributed by atoms with E-state index in [-0.39, 0.29) is 0 Å². The molecule has 0 atom stereocenters. The SMILES string of the molecule is Brc1ccc2nc(C3CC3)n(C3CC3)c2n1. The zero-order chi connectivity index (χ0) is 10.7. The highest BCUT2D eigenvalue weighted by Gasteiger charge is 2.35. The minimum atomic E-state index is 0.669. The Kier molecular flexibility index (Phi) is 1.76. The molecule has 2 aromatic rings. The molecule has 2 fully saturated rings. The van der Waals surface area contributed by atoms with E-state index in [1.54, 1.807) is 0 Å². The van der Waals surface area contributed by atoms with Crippen LogP contribution in [0.25, 0.3) is 11.2 Å². The summed E-state index contributed by atoms with van der Waals surface area (Å²) in [6, 6.07) is 4.71. The van der Waals surface area contributed by atoms with E-state index < -0.39 is 0 Å². The van der Waals surface area contributed by atoms with Crippen LogP contribution in [-0.4, -0.2) is 14.5 Å². The van der Waals surface area contributed by atoms with E-state index in [1.165, 1.54) is 31.5 Å². The average Bonchev–Trinajstić information content (AvgIpc) is 3.14. The Balaban J connectivity index is 2.01. The lowest BCUT2D eigenvalue weighted by atomic mass is 10.4. The van der Waals surface area contributed by atoms with Gasteiger partial charge in [0, 0.05) is 12.0 Å². The maximum absolute atomic E-state index is 4.76. The van der Waals surface area contributed by atoms with Gasteiger partial charge in [-0.2, -0.15) is 0 Å². The van der Waals surface area contributed by atoms with Crippen molar-refractivity contribution in [2.24, 2.45) is 0 Å². The Morgan fingerprint density at radius 2 is 1.94 bits per heavy atom. The summed E-state index contributed by atoms with van der Waals surface area (Å²) in [4.78, 5) is 9.34. The fourth-order valence-corrected chi connectivity index (χ4v) is 2.59. The zero-order valence-corrected chi connectivity index (χ0v) is 10.4. The first-order valence-electron chi connectivity index (χ1n) is 5.87. The molecule has 0 saturated heterocycles. The molecule has 2 heterocycles. The number of pyridine rings is 1. The van der Waals surface area contributed by atoms with Crippen LogP contribution in [0.1, 0.15) is 43.5 Å². The number of rotatable bonds is 2. The van der Waals surface area contributed by atoms with Gasteiger partial charge in [0.25, 0.3) is 0 Å². The Labute approximate surface area is 102 Å². The number of halogens is 1. The summed E-state index contributed by atoms with van der Waals surface area (Å²) in [6.45, 7) is 0. The van der Waals surface area contributed by atoms with Gasteiger partial charge in [-0.1, -0.05) is 0 Å². The third-order valence-corrected chi connectivity index (χ3v) is 3.83. The van der Waals surface area contributed by atoms with Crippen LogP contribution in [0.3, 0.4) is 0 Å². The van der Waals surface area contributed by atoms with Crippen molar-refractivity contribution < 1.29 is 0 Å². The monoisotopic (exact) mass is 277 g/mol. The van der Waals surface area contributed by atoms with Crippen molar-refractivity contribution in [3.63, 3.8) is 0 Å². The minimum Gasteiger partial charge on any atom is -0.309 e. The van der Waals surface area contributed by atoms with E-state index in [0.29, 0.717) is 12.0 Å². The van der Waals surface area contributed by atoms with Gasteiger partial charge in [0.2, 0.25) is 0 Å². The normalized spacial score (nSPS) is 20.6. The average molecular weight is 278 g/mol. The number of nitrogens with zero attached hydrogens (tertiary/aromatic N) is 3. The first-order chi connectivity index (χ1) is 7.83. The quantitative estimate of drug-likeness (QED) is 0.788. The van der Waals surface area contributed by atoms with Gasteiger partial charge < -0.3 is 4.57 Å². The molecule has 0 amide bonds. The molecule has 0 bridgehead atoms. The van der Waals surface area contributed by atoms with Gasteiger partial charge in [0.1, 0.15) is 15.9 Å². The van der Waals surface area contributed by atoms with E-state index >= 15 is 0 Å². The second-order valence-corrected chi connectivity index (χ2v) is 5.63. The Hall–Kier alpha value is -0.900. The largest absolute Gasteiger partial charge is 0.309 e. The lowest BCUT2D eigenvalue weighted by molar-refractivity contribution is 0.697. The smallest absolute Gasteiger partial charge is 0.161 e. The second kappa shape index (κ2) is 3.06. The maximum Gasteiger partial charge on any atom is 0.161 e. The summed E-state index contributed by atoms with van der Waals surface area (Å²) in [5.41, 5.74) is 2.12. The van der Waals surface area contributed by atoms with Crippen molar-refractivity contribution in [2.75, 3.05) is 0 Å². The van der Waals surface area contributed by atoms with Crippen molar-refractivity contribution in [3.05, 3.63) is 22.6 Å². The van der Waals surface area contributed by atoms with Crippen molar-refractivity contribution in [3.8, 4) is 0 Å². The van der Waals surface area contributed by atoms with E-state index in [2.05, 4.69) is 31.5 Å². The van der Waals surface area contributed by atoms with Crippen LogP contribution in [0, 0.1) is 0 Å². The van der Waals surface area contributed by atoms with Gasteiger partial charge in [0.15, 0.2) is 5.65 Å². The second-order valence-electron chi connectivity index (χ2n) is 4.82. The fourth-order valence-electron chi connectivity index (χ4n) is 2.29. The standard InChI is InChI=1S/C12H12BrN3/c13-10-6-5-9-12(15-10)16(8-3-4-8)11(14-9)7-1-2-7/h5-8H,1-4H2. The molecule has 0 unspecified atom stereocenters. The molecule has 82 valence electrons. The van der Waals surface area contributed by atoms with Crippen LogP contribution >= 0.6 is 15.9 Å². The van der Waals surface area contributed by atoms with Crippen LogP contribution in [0.5, 0.6) is 0 Å². The molecule has 4 rings (SSSR count). The van der Waals surface area contributed by atoms with E-state index in [4.69, 9.17) is 4.98 Å². The van der Waals surface area contributed by atoms with Gasteiger partial charge in [-0.05, 0) is 53.7 Å². The highest BCUT2D eigenvalue weighted by molar-refractivity contribution is 9.10. The summed E-state index contributed by atoms with van der Waals surface area (Å²) in [6.07, 6.45) is 5.19. The Morgan fingerprint density at radius 1 is 1.12 bits per heavy atom. The molecular formula is C12H12BrN3. The highest BCUT2D eigenvalue weighted by Crippen LogP contribution is 2.46. The number of aromatic nitrogens is 3. The molecular weight excluding hydrogens is 266 g/mol. The van der Waals surface area contributed by atoms with E-state index in [0.717, 1.165) is 15.8 Å². The van der Waals surface area contributed by atoms with Crippen LogP contribution in [0.15, 0.2) is 16.7 Å². The molecule has 2 saturated carbocycles. The van der Waals surface area contributed by atoms with Gasteiger partial charge in [-0.15, -0.1) is 0 Å². The lowest BCUT2D eigenvalue weighted by Gasteiger charge is -2.05. The van der Waals surface area contributed by atoms with Gasteiger partial charge in [0.05, 0.1) is 0 Å². The summed E-state index contributed by atoms with van der Waals surface area (Å²) < 4.78 is 3.29. The minimum absolute atomic E-state index is 0.669. The van der Waals surface area contributed by atoms with Gasteiger partial charge in [-0.3, -0.25) is 0 Å². The third-order valence-electron chi connectivity index (χ3n) is 3.39. The van der Waals surface area contributed by atoms with Crippen LogP contribution in [0.4, 0.5) is 0 Å². The zero-order valence-electron chi connectivity index (χ0n) is 8.86. The van der Waals surface area contributed by atoms with E-state index in [1.807, 2.05) is 6.07 Å². The number of imidazole rings is 1. The van der Waals surface area contributed by atoms with Crippen LogP contribution < -0.4 is 0 Å². The highest BCUT2D eigenvalue weighted by atomic mass is 79.9. The van der Waals surface area contributed by atoms with Crippen LogP contribution in [0.2, 0.25) is 0 Å². The molecule has 0 aliphatic heterocycles. The first-order valence-corrected chi connectivity index (χ1v) is 6.66. The molecule has 2 aliphatic rings. The van der Waals surface area contributed by atoms with Crippen molar-refractivity contribution in [1.29, 1.82) is 0 Å². The van der Waals surface area contributed by atoms with Gasteiger partial charge in [-0.25, -0.2) is 9.97 Å². The number of hydrogen-bond donors (Lipinski definition) is 0. The van der Waals surface area contributed by atoms with Crippen molar-refractivity contribution in [2.45, 2.75) is 37.6 Å². The molecule has 0 radical (unpaired) electrons. The predicted molar refractivity (Wildman–Crippen MR) is 65.5 cm³/mol. The molecule has 2 aromatic heterocycles. The Bertz CT molecular complexity index is 567. The molecule has 3 nitrogen and oxygen atoms in total. The maximum atomic E-state index is 4.76. The van der Waals surface area contributed by atoms with E-state index in [9.17, 15) is 0 Å². The van der Waals surface area contributed by atoms with Crippen molar-refractivity contribution in [1.82, 2.24) is 14.5 Å². The topological polar surface area (TPSA) is 30.7 Å². The van der Waals surface area contributed by atoms with Crippen molar-refractivity contribution >= 4 is 27.1 Å². The summed E-state index contributed by atoms with van der Waals surface area (Å²) in [5.74, 6) is 1.98. The molecule has 16 heavy (non-hydrogen) atoms. The number of fused-ring (bicyclic) bond motifs is 1. The van der Waals surface area contributed by atoms with Gasteiger partial charge >= 0.3 is 0 Å². The fraction of sp³-hybridized carbons (Fsp3) is 0.500. The summed E-state index contributed by atoms with van der Waals surface area (Å²) in [5, 5.41) is 0. The summed E-state index contributed by atoms with van der Waals surface area (Å²) in [7, 11) is 0. The molecule has 0 aromatic carbocycles. The van der Waals surface area contributed by atoms with Crippen LogP contribution in [-0.2, 0) is 0 Å². The molecule has 2 aliphatic carbocycles. The molecule has 4 heteroatoms. The summed E-state index contributed by atoms with van der Waals surface area (Å²) >= 11 is 3.45. The lowest BCUT2D eigenvalue weighted by Crippen LogP contribution is -2.00. The third kappa shape index (κ3) is 1.32. The predicted octanol–water partition coefficient (Wildman–Crippen LogP) is 3.41. The number of hydrogen-bond acceptors (Lipinski definition) is 2. The Morgan fingerprint density at radius 3 is 2.62 bits per heavy atom. The first kappa shape index (κ1) is 9.16.